The van der Waals surface area contributed by atoms with Crippen LogP contribution in [0.1, 0.15) is 47.8 Å². The maximum absolute atomic E-state index is 12.6. The molecule has 0 spiro atoms. The molecule has 0 saturated carbocycles. The molecule has 0 fully saturated rings. The first-order chi connectivity index (χ1) is 8.89. The lowest BCUT2D eigenvalue weighted by Crippen LogP contribution is -2.17. The van der Waals surface area contributed by atoms with Crippen LogP contribution in [-0.4, -0.2) is 5.78 Å². The third-order valence-corrected chi connectivity index (χ3v) is 3.29. The van der Waals surface area contributed by atoms with E-state index in [1.165, 1.54) is 5.56 Å². The number of ketones is 1. The van der Waals surface area contributed by atoms with Crippen molar-refractivity contribution in [2.45, 2.75) is 33.1 Å². The van der Waals surface area contributed by atoms with Crippen molar-refractivity contribution in [1.29, 1.82) is 0 Å². The molecular weight excluding hydrogens is 232 g/mol. The van der Waals surface area contributed by atoms with Crippen molar-refractivity contribution in [3.8, 4) is 0 Å². The summed E-state index contributed by atoms with van der Waals surface area (Å²) in [7, 11) is 0. The Morgan fingerprint density at radius 3 is 2.05 bits per heavy atom. The molecule has 1 heteroatoms. The van der Waals surface area contributed by atoms with Crippen molar-refractivity contribution in [2.75, 3.05) is 0 Å². The van der Waals surface area contributed by atoms with Crippen LogP contribution in [0.25, 0.3) is 0 Å². The zero-order valence-corrected chi connectivity index (χ0v) is 12.0. The molecule has 1 nitrogen and oxygen atoms in total. The standard InChI is InChI=1S/C18H20O/c1-13-9-11-14(12-10-13)17(19)15-7-5-6-8-16(15)18(2,3)4/h5-12H,1-4H3. The van der Waals surface area contributed by atoms with Gasteiger partial charge in [0.15, 0.2) is 5.78 Å². The van der Waals surface area contributed by atoms with Crippen molar-refractivity contribution in [3.63, 3.8) is 0 Å². The van der Waals surface area contributed by atoms with E-state index < -0.39 is 0 Å². The minimum absolute atomic E-state index is 0.0308. The van der Waals surface area contributed by atoms with Gasteiger partial charge in [-0.05, 0) is 17.9 Å². The molecule has 0 aliphatic heterocycles. The average molecular weight is 252 g/mol. The highest BCUT2D eigenvalue weighted by atomic mass is 16.1. The summed E-state index contributed by atoms with van der Waals surface area (Å²) in [4.78, 5) is 12.6. The number of hydrogen-bond acceptors (Lipinski definition) is 1. The first-order valence-electron chi connectivity index (χ1n) is 6.60. The summed E-state index contributed by atoms with van der Waals surface area (Å²) >= 11 is 0. The van der Waals surface area contributed by atoms with Crippen molar-refractivity contribution in [3.05, 3.63) is 70.8 Å². The first-order valence-corrected chi connectivity index (χ1v) is 6.60. The second-order valence-electron chi connectivity index (χ2n) is 5.99. The smallest absolute Gasteiger partial charge is 0.193 e. The average Bonchev–Trinajstić information content (AvgIpc) is 2.38. The van der Waals surface area contributed by atoms with Crippen LogP contribution in [0.5, 0.6) is 0 Å². The zero-order chi connectivity index (χ0) is 14.0. The van der Waals surface area contributed by atoms with Crippen LogP contribution in [0.4, 0.5) is 0 Å². The quantitative estimate of drug-likeness (QED) is 0.718. The van der Waals surface area contributed by atoms with Crippen molar-refractivity contribution in [1.82, 2.24) is 0 Å². The highest BCUT2D eigenvalue weighted by Crippen LogP contribution is 2.27. The Bertz CT molecular complexity index is 586. The lowest BCUT2D eigenvalue weighted by atomic mass is 9.82. The monoisotopic (exact) mass is 252 g/mol. The molecule has 0 N–H and O–H groups in total. The topological polar surface area (TPSA) is 17.1 Å². The predicted molar refractivity (Wildman–Crippen MR) is 79.8 cm³/mol. The molecule has 0 heterocycles. The van der Waals surface area contributed by atoms with Crippen molar-refractivity contribution < 1.29 is 4.79 Å². The molecule has 0 aliphatic rings. The van der Waals surface area contributed by atoms with Crippen LogP contribution in [0.15, 0.2) is 48.5 Å². The molecule has 0 radical (unpaired) electrons. The minimum Gasteiger partial charge on any atom is -0.289 e. The minimum atomic E-state index is -0.0308. The SMILES string of the molecule is Cc1ccc(C(=O)c2ccccc2C(C)(C)C)cc1. The fraction of sp³-hybridized carbons (Fsp3) is 0.278. The van der Waals surface area contributed by atoms with E-state index in [0.717, 1.165) is 16.7 Å². The molecule has 0 aromatic heterocycles. The lowest BCUT2D eigenvalue weighted by Gasteiger charge is -2.22. The van der Waals surface area contributed by atoms with Gasteiger partial charge < -0.3 is 0 Å². The van der Waals surface area contributed by atoms with E-state index in [0.29, 0.717) is 0 Å². The predicted octanol–water partition coefficient (Wildman–Crippen LogP) is 4.52. The van der Waals surface area contributed by atoms with Crippen molar-refractivity contribution in [2.24, 2.45) is 0 Å². The number of benzene rings is 2. The molecule has 2 rings (SSSR count). The third kappa shape index (κ3) is 2.93. The lowest BCUT2D eigenvalue weighted by molar-refractivity contribution is 0.103. The second-order valence-corrected chi connectivity index (χ2v) is 5.99. The highest BCUT2D eigenvalue weighted by molar-refractivity contribution is 6.10. The van der Waals surface area contributed by atoms with Gasteiger partial charge in [0.2, 0.25) is 0 Å². The summed E-state index contributed by atoms with van der Waals surface area (Å²) in [6.07, 6.45) is 0. The summed E-state index contributed by atoms with van der Waals surface area (Å²) < 4.78 is 0. The Hall–Kier alpha value is -1.89. The van der Waals surface area contributed by atoms with Crippen LogP contribution in [0.3, 0.4) is 0 Å². The Morgan fingerprint density at radius 2 is 1.47 bits per heavy atom. The summed E-state index contributed by atoms with van der Waals surface area (Å²) in [5, 5.41) is 0. The van der Waals surface area contributed by atoms with Gasteiger partial charge in [0.05, 0.1) is 0 Å². The normalized spacial score (nSPS) is 11.4. The van der Waals surface area contributed by atoms with Gasteiger partial charge in [0.1, 0.15) is 0 Å². The molecule has 98 valence electrons. The highest BCUT2D eigenvalue weighted by Gasteiger charge is 2.21. The summed E-state index contributed by atoms with van der Waals surface area (Å²) in [6.45, 7) is 8.42. The Labute approximate surface area is 115 Å². The van der Waals surface area contributed by atoms with Gasteiger partial charge in [-0.25, -0.2) is 0 Å². The largest absolute Gasteiger partial charge is 0.289 e. The van der Waals surface area contributed by atoms with E-state index in [4.69, 9.17) is 0 Å². The third-order valence-electron chi connectivity index (χ3n) is 3.29. The van der Waals surface area contributed by atoms with Gasteiger partial charge in [0, 0.05) is 11.1 Å². The van der Waals surface area contributed by atoms with Crippen LogP contribution >= 0.6 is 0 Å². The maximum Gasteiger partial charge on any atom is 0.193 e. The molecule has 0 aliphatic carbocycles. The summed E-state index contributed by atoms with van der Waals surface area (Å²) in [5.74, 6) is 0.102. The fourth-order valence-corrected chi connectivity index (χ4v) is 2.20. The van der Waals surface area contributed by atoms with E-state index in [1.54, 1.807) is 0 Å². The number of carbonyl (C=O) groups is 1. The number of hydrogen-bond donors (Lipinski definition) is 0. The molecule has 2 aromatic carbocycles. The molecule has 0 unspecified atom stereocenters. The molecule has 0 saturated heterocycles. The van der Waals surface area contributed by atoms with Gasteiger partial charge in [-0.1, -0.05) is 74.9 Å². The number of aryl methyl sites for hydroxylation is 1. The van der Waals surface area contributed by atoms with E-state index in [-0.39, 0.29) is 11.2 Å². The van der Waals surface area contributed by atoms with Gasteiger partial charge in [-0.3, -0.25) is 4.79 Å². The fourth-order valence-electron chi connectivity index (χ4n) is 2.20. The van der Waals surface area contributed by atoms with Gasteiger partial charge in [-0.2, -0.15) is 0 Å². The molecular formula is C18H20O. The Morgan fingerprint density at radius 1 is 0.895 bits per heavy atom. The summed E-state index contributed by atoms with van der Waals surface area (Å²) in [6, 6.07) is 15.6. The van der Waals surface area contributed by atoms with Crippen LogP contribution in [0, 0.1) is 6.92 Å². The van der Waals surface area contributed by atoms with Crippen LogP contribution in [-0.2, 0) is 5.41 Å². The van der Waals surface area contributed by atoms with E-state index in [1.807, 2.05) is 55.5 Å². The van der Waals surface area contributed by atoms with E-state index >= 15 is 0 Å². The van der Waals surface area contributed by atoms with E-state index in [9.17, 15) is 4.79 Å². The molecule has 0 amide bonds. The van der Waals surface area contributed by atoms with Crippen molar-refractivity contribution >= 4 is 5.78 Å². The molecule has 19 heavy (non-hydrogen) atoms. The Kier molecular flexibility index (Phi) is 3.57. The van der Waals surface area contributed by atoms with Gasteiger partial charge >= 0.3 is 0 Å². The van der Waals surface area contributed by atoms with Crippen LogP contribution in [0.2, 0.25) is 0 Å². The second kappa shape index (κ2) is 5.00. The van der Waals surface area contributed by atoms with Gasteiger partial charge in [-0.15, -0.1) is 0 Å². The first kappa shape index (κ1) is 13.5. The van der Waals surface area contributed by atoms with Crippen LogP contribution < -0.4 is 0 Å². The Balaban J connectivity index is 2.48. The summed E-state index contributed by atoms with van der Waals surface area (Å²) in [5.41, 5.74) is 3.79. The number of carbonyl (C=O) groups excluding carboxylic acids is 1. The van der Waals surface area contributed by atoms with Gasteiger partial charge in [0.25, 0.3) is 0 Å². The van der Waals surface area contributed by atoms with E-state index in [2.05, 4.69) is 20.8 Å². The maximum atomic E-state index is 12.6. The molecule has 0 atom stereocenters. The molecule has 2 aromatic rings. The zero-order valence-electron chi connectivity index (χ0n) is 12.0. The molecule has 0 bridgehead atoms. The number of rotatable bonds is 2.